The highest BCUT2D eigenvalue weighted by Gasteiger charge is 2.51. The molecule has 2 aromatic rings. The summed E-state index contributed by atoms with van der Waals surface area (Å²) in [7, 11) is 0. The van der Waals surface area contributed by atoms with Gasteiger partial charge in [0.2, 0.25) is 0 Å². The number of nitrogens with one attached hydrogen (secondary N) is 1. The normalized spacial score (nSPS) is 21.6. The van der Waals surface area contributed by atoms with E-state index in [1.165, 1.54) is 0 Å². The van der Waals surface area contributed by atoms with Gasteiger partial charge < -0.3 is 15.3 Å². The minimum atomic E-state index is -0.966. The van der Waals surface area contributed by atoms with E-state index in [1.54, 1.807) is 30.3 Å². The molecule has 1 fully saturated rings. The van der Waals surface area contributed by atoms with E-state index < -0.39 is 11.6 Å². The van der Waals surface area contributed by atoms with E-state index in [0.717, 1.165) is 44.1 Å². The Hall–Kier alpha value is -2.90. The Balaban J connectivity index is 1.67. The van der Waals surface area contributed by atoms with Gasteiger partial charge in [0.1, 0.15) is 11.4 Å². The van der Waals surface area contributed by atoms with Crippen LogP contribution in [0.2, 0.25) is 10.0 Å². The Kier molecular flexibility index (Phi) is 9.57. The molecule has 4 rings (SSSR count). The monoisotopic (exact) mass is 585 g/mol. The van der Waals surface area contributed by atoms with E-state index in [4.69, 9.17) is 33.3 Å². The van der Waals surface area contributed by atoms with Gasteiger partial charge in [-0.25, -0.2) is 0 Å². The van der Waals surface area contributed by atoms with Gasteiger partial charge >= 0.3 is 5.97 Å². The lowest BCUT2D eigenvalue weighted by molar-refractivity contribution is -0.137. The molecule has 0 unspecified atom stereocenters. The van der Waals surface area contributed by atoms with Crippen molar-refractivity contribution in [3.63, 3.8) is 0 Å². The van der Waals surface area contributed by atoms with Gasteiger partial charge in [-0.15, -0.1) is 0 Å². The minimum Gasteiger partial charge on any atom is -0.481 e. The van der Waals surface area contributed by atoms with Gasteiger partial charge in [0, 0.05) is 17.7 Å². The first-order chi connectivity index (χ1) is 19.1. The van der Waals surface area contributed by atoms with Crippen molar-refractivity contribution in [3.8, 4) is 0 Å². The predicted octanol–water partition coefficient (Wildman–Crippen LogP) is 6.91. The summed E-state index contributed by atoms with van der Waals surface area (Å²) in [6, 6.07) is 12.2. The van der Waals surface area contributed by atoms with E-state index in [2.05, 4.69) is 26.1 Å². The first-order valence-electron chi connectivity index (χ1n) is 14.0. The SMILES string of the molecule is CCC[C@H](c1ccc(C(=O)NCCC(=O)O)cc1)N1C(=O)C(c2ccc(Cl)c(Cl)c2)=NC12CCC(C(C)C)CC2. The Labute approximate surface area is 246 Å². The van der Waals surface area contributed by atoms with E-state index in [0.29, 0.717) is 38.7 Å². The van der Waals surface area contributed by atoms with Crippen LogP contribution in [0, 0.1) is 11.8 Å². The van der Waals surface area contributed by atoms with Crippen LogP contribution < -0.4 is 5.32 Å². The van der Waals surface area contributed by atoms with Crippen LogP contribution in [0.25, 0.3) is 0 Å². The molecule has 1 atom stereocenters. The Morgan fingerprint density at radius 1 is 1.10 bits per heavy atom. The van der Waals surface area contributed by atoms with Crippen molar-refractivity contribution >= 4 is 46.7 Å². The first kappa shape index (κ1) is 30.1. The smallest absolute Gasteiger partial charge is 0.305 e. The zero-order chi connectivity index (χ0) is 29.0. The van der Waals surface area contributed by atoms with Crippen molar-refractivity contribution in [3.05, 3.63) is 69.2 Å². The summed E-state index contributed by atoms with van der Waals surface area (Å²) < 4.78 is 0. The standard InChI is InChI=1S/C31H37Cl2N3O4/c1-4-5-26(21-6-8-22(9-7-21)29(39)34-17-14-27(37)38)36-30(40)28(23-10-11-24(32)25(33)18-23)35-31(36)15-12-20(13-16-31)19(2)3/h6-11,18-20,26H,4-5,12-17H2,1-3H3,(H,34,39)(H,37,38)/t20?,26-,31?/m1/s1. The van der Waals surface area contributed by atoms with Crippen molar-refractivity contribution in [1.29, 1.82) is 0 Å². The summed E-state index contributed by atoms with van der Waals surface area (Å²) in [5, 5.41) is 12.3. The molecule has 1 aliphatic heterocycles. The van der Waals surface area contributed by atoms with Gasteiger partial charge in [0.25, 0.3) is 11.8 Å². The number of aliphatic carboxylic acids is 1. The third-order valence-electron chi connectivity index (χ3n) is 8.21. The number of rotatable bonds is 10. The molecule has 2 aromatic carbocycles. The van der Waals surface area contributed by atoms with Gasteiger partial charge in [0.15, 0.2) is 0 Å². The summed E-state index contributed by atoms with van der Waals surface area (Å²) in [5.41, 5.74) is 1.81. The Morgan fingerprint density at radius 3 is 2.35 bits per heavy atom. The maximum atomic E-state index is 14.2. The number of halogens is 2. The summed E-state index contributed by atoms with van der Waals surface area (Å²) in [4.78, 5) is 44.7. The molecule has 1 saturated carbocycles. The quantitative estimate of drug-likeness (QED) is 0.316. The number of nitrogens with zero attached hydrogens (tertiary/aromatic N) is 2. The molecule has 0 aromatic heterocycles. The number of benzene rings is 2. The first-order valence-corrected chi connectivity index (χ1v) is 14.8. The van der Waals surface area contributed by atoms with Crippen molar-refractivity contribution in [2.45, 2.75) is 77.4 Å². The van der Waals surface area contributed by atoms with E-state index in [9.17, 15) is 14.4 Å². The number of carbonyl (C=O) groups excluding carboxylic acids is 2. The maximum absolute atomic E-state index is 14.2. The fourth-order valence-corrected chi connectivity index (χ4v) is 6.26. The fraction of sp³-hybridized carbons (Fsp3) is 0.484. The maximum Gasteiger partial charge on any atom is 0.305 e. The highest BCUT2D eigenvalue weighted by molar-refractivity contribution is 6.48. The summed E-state index contributed by atoms with van der Waals surface area (Å²) in [5.74, 6) is -0.245. The molecule has 1 aliphatic carbocycles. The van der Waals surface area contributed by atoms with Crippen molar-refractivity contribution in [2.24, 2.45) is 16.8 Å². The average Bonchev–Trinajstić information content (AvgIpc) is 3.20. The lowest BCUT2D eigenvalue weighted by Gasteiger charge is -2.46. The van der Waals surface area contributed by atoms with Gasteiger partial charge in [-0.1, -0.05) is 68.6 Å². The minimum absolute atomic E-state index is 0.0609. The van der Waals surface area contributed by atoms with Crippen LogP contribution in [0.1, 0.15) is 93.2 Å². The molecule has 0 bridgehead atoms. The second-order valence-corrected chi connectivity index (χ2v) is 12.0. The third kappa shape index (κ3) is 6.36. The molecule has 0 saturated heterocycles. The number of amides is 2. The van der Waals surface area contributed by atoms with Crippen LogP contribution in [-0.4, -0.2) is 45.7 Å². The number of hydrogen-bond acceptors (Lipinski definition) is 4. The molecule has 214 valence electrons. The van der Waals surface area contributed by atoms with Crippen LogP contribution in [-0.2, 0) is 9.59 Å². The molecular formula is C31H37Cl2N3O4. The molecule has 2 N–H and O–H groups in total. The van der Waals surface area contributed by atoms with Gasteiger partial charge in [-0.3, -0.25) is 19.4 Å². The molecule has 9 heteroatoms. The number of aliphatic imine (C=N–C) groups is 1. The van der Waals surface area contributed by atoms with Crippen LogP contribution in [0.3, 0.4) is 0 Å². The lowest BCUT2D eigenvalue weighted by Crippen LogP contribution is -2.51. The van der Waals surface area contributed by atoms with Gasteiger partial charge in [0.05, 0.1) is 22.5 Å². The number of carboxylic acids is 1. The summed E-state index contributed by atoms with van der Waals surface area (Å²) in [6.07, 6.45) is 5.03. The van der Waals surface area contributed by atoms with E-state index >= 15 is 0 Å². The van der Waals surface area contributed by atoms with Gasteiger partial charge in [-0.05, 0) is 73.8 Å². The van der Waals surface area contributed by atoms with Crippen molar-refractivity contribution in [1.82, 2.24) is 10.2 Å². The number of carboxylic acid groups (broad SMARTS) is 1. The average molecular weight is 587 g/mol. The van der Waals surface area contributed by atoms with E-state index in [1.807, 2.05) is 17.0 Å². The van der Waals surface area contributed by atoms with E-state index in [-0.39, 0.29) is 30.8 Å². The Bertz CT molecular complexity index is 1280. The fourth-order valence-electron chi connectivity index (χ4n) is 5.96. The number of hydrogen-bond donors (Lipinski definition) is 2. The molecule has 0 radical (unpaired) electrons. The topological polar surface area (TPSA) is 99.1 Å². The molecule has 1 spiro atoms. The third-order valence-corrected chi connectivity index (χ3v) is 8.95. The summed E-state index contributed by atoms with van der Waals surface area (Å²) in [6.45, 7) is 6.67. The second kappa shape index (κ2) is 12.7. The zero-order valence-corrected chi connectivity index (χ0v) is 24.8. The van der Waals surface area contributed by atoms with Crippen molar-refractivity contribution < 1.29 is 19.5 Å². The largest absolute Gasteiger partial charge is 0.481 e. The lowest BCUT2D eigenvalue weighted by atomic mass is 9.76. The van der Waals surface area contributed by atoms with Crippen LogP contribution in [0.4, 0.5) is 0 Å². The zero-order valence-electron chi connectivity index (χ0n) is 23.3. The second-order valence-electron chi connectivity index (χ2n) is 11.2. The van der Waals surface area contributed by atoms with Crippen LogP contribution in [0.15, 0.2) is 47.5 Å². The van der Waals surface area contributed by atoms with Crippen LogP contribution >= 0.6 is 23.2 Å². The molecule has 2 aliphatic rings. The molecule has 2 amide bonds. The summed E-state index contributed by atoms with van der Waals surface area (Å²) >= 11 is 12.5. The molecule has 7 nitrogen and oxygen atoms in total. The Morgan fingerprint density at radius 2 is 1.77 bits per heavy atom. The molecular weight excluding hydrogens is 549 g/mol. The van der Waals surface area contributed by atoms with Gasteiger partial charge in [-0.2, -0.15) is 0 Å². The van der Waals surface area contributed by atoms with Crippen LogP contribution in [0.5, 0.6) is 0 Å². The molecule has 1 heterocycles. The highest BCUT2D eigenvalue weighted by atomic mass is 35.5. The molecule has 40 heavy (non-hydrogen) atoms. The predicted molar refractivity (Wildman–Crippen MR) is 158 cm³/mol. The van der Waals surface area contributed by atoms with Crippen molar-refractivity contribution in [2.75, 3.05) is 6.54 Å². The number of carbonyl (C=O) groups is 3. The highest BCUT2D eigenvalue weighted by Crippen LogP contribution is 2.48.